The van der Waals surface area contributed by atoms with E-state index in [-0.39, 0.29) is 0 Å². The van der Waals surface area contributed by atoms with Crippen molar-refractivity contribution in [2.24, 2.45) is 0 Å². The number of fused-ring (bicyclic) bond motifs is 1. The first kappa shape index (κ1) is 14.9. The Labute approximate surface area is 137 Å². The van der Waals surface area contributed by atoms with Crippen LogP contribution in [0.1, 0.15) is 29.2 Å². The monoisotopic (exact) mass is 366 g/mol. The first-order valence-corrected chi connectivity index (χ1v) is 8.18. The lowest BCUT2D eigenvalue weighted by Gasteiger charge is -2.12. The van der Waals surface area contributed by atoms with Crippen molar-refractivity contribution in [3.63, 3.8) is 0 Å². The van der Waals surface area contributed by atoms with Crippen LogP contribution >= 0.6 is 27.5 Å². The molecule has 0 saturated carbocycles. The van der Waals surface area contributed by atoms with E-state index in [4.69, 9.17) is 16.3 Å². The van der Waals surface area contributed by atoms with E-state index in [1.54, 1.807) is 6.07 Å². The van der Waals surface area contributed by atoms with Crippen molar-refractivity contribution in [1.82, 2.24) is 0 Å². The number of halogens is 2. The van der Waals surface area contributed by atoms with Crippen molar-refractivity contribution in [2.45, 2.75) is 25.4 Å². The Hall–Kier alpha value is -1.03. The van der Waals surface area contributed by atoms with E-state index < -0.39 is 6.10 Å². The fourth-order valence-electron chi connectivity index (χ4n) is 2.59. The van der Waals surface area contributed by atoms with Crippen molar-refractivity contribution in [2.75, 3.05) is 6.61 Å². The van der Waals surface area contributed by atoms with Gasteiger partial charge in [-0.2, -0.15) is 0 Å². The molecule has 2 aromatic rings. The minimum atomic E-state index is -0.483. The summed E-state index contributed by atoms with van der Waals surface area (Å²) in [4.78, 5) is 0. The third-order valence-electron chi connectivity index (χ3n) is 3.79. The third-order valence-corrected chi connectivity index (χ3v) is 5.00. The van der Waals surface area contributed by atoms with Crippen LogP contribution in [-0.2, 0) is 12.8 Å². The molecule has 0 spiro atoms. The van der Waals surface area contributed by atoms with Gasteiger partial charge >= 0.3 is 0 Å². The Morgan fingerprint density at radius 1 is 1.24 bits per heavy atom. The third kappa shape index (κ3) is 3.42. The predicted octanol–water partition coefficient (Wildman–Crippen LogP) is 4.70. The number of ether oxygens (including phenoxy) is 1. The molecule has 0 aliphatic carbocycles. The van der Waals surface area contributed by atoms with Gasteiger partial charge < -0.3 is 9.84 Å². The number of hydrogen-bond acceptors (Lipinski definition) is 2. The highest BCUT2D eigenvalue weighted by Crippen LogP contribution is 2.29. The zero-order chi connectivity index (χ0) is 14.8. The zero-order valence-electron chi connectivity index (χ0n) is 11.5. The molecule has 1 unspecified atom stereocenters. The molecule has 3 rings (SSSR count). The number of aliphatic hydroxyl groups is 1. The quantitative estimate of drug-likeness (QED) is 0.848. The molecule has 1 aliphatic heterocycles. The van der Waals surface area contributed by atoms with Crippen LogP contribution < -0.4 is 4.74 Å². The molecule has 0 amide bonds. The Balaban J connectivity index is 1.65. The predicted molar refractivity (Wildman–Crippen MR) is 88.1 cm³/mol. The van der Waals surface area contributed by atoms with E-state index in [1.165, 1.54) is 11.1 Å². The highest BCUT2D eigenvalue weighted by molar-refractivity contribution is 9.10. The van der Waals surface area contributed by atoms with Gasteiger partial charge in [0.05, 0.1) is 17.7 Å². The Morgan fingerprint density at radius 2 is 2.10 bits per heavy atom. The molecule has 1 atom stereocenters. The van der Waals surface area contributed by atoms with E-state index in [1.807, 2.05) is 18.2 Å². The van der Waals surface area contributed by atoms with Gasteiger partial charge in [0.2, 0.25) is 0 Å². The van der Waals surface area contributed by atoms with Crippen LogP contribution in [0.5, 0.6) is 5.75 Å². The van der Waals surface area contributed by atoms with Gasteiger partial charge in [0.25, 0.3) is 0 Å². The Morgan fingerprint density at radius 3 is 2.90 bits per heavy atom. The molecule has 0 fully saturated rings. The summed E-state index contributed by atoms with van der Waals surface area (Å²) in [5, 5.41) is 11.0. The molecule has 0 saturated heterocycles. The zero-order valence-corrected chi connectivity index (χ0v) is 13.8. The standard InChI is InChI=1S/C17H16BrClO2/c18-14-10-12(3-4-15(14)19)16(20)5-1-11-2-6-17-13(9-11)7-8-21-17/h2-4,6,9-10,16,20H,1,5,7-8H2. The van der Waals surface area contributed by atoms with E-state index in [0.29, 0.717) is 11.4 Å². The second kappa shape index (κ2) is 6.39. The molecular formula is C17H16BrClO2. The number of hydrogen-bond donors (Lipinski definition) is 1. The largest absolute Gasteiger partial charge is 0.493 e. The van der Waals surface area contributed by atoms with Gasteiger partial charge in [0.1, 0.15) is 5.75 Å². The van der Waals surface area contributed by atoms with Crippen LogP contribution in [0.3, 0.4) is 0 Å². The van der Waals surface area contributed by atoms with Gasteiger partial charge in [-0.25, -0.2) is 0 Å². The normalized spacial score (nSPS) is 14.6. The lowest BCUT2D eigenvalue weighted by molar-refractivity contribution is 0.168. The van der Waals surface area contributed by atoms with Gasteiger partial charge in [-0.05, 0) is 63.7 Å². The number of aryl methyl sites for hydroxylation is 1. The van der Waals surface area contributed by atoms with Crippen molar-refractivity contribution in [1.29, 1.82) is 0 Å². The van der Waals surface area contributed by atoms with Crippen molar-refractivity contribution in [3.05, 3.63) is 62.6 Å². The first-order valence-electron chi connectivity index (χ1n) is 7.01. The summed E-state index contributed by atoms with van der Waals surface area (Å²) in [6.07, 6.45) is 2.03. The minimum Gasteiger partial charge on any atom is -0.493 e. The van der Waals surface area contributed by atoms with Crippen LogP contribution in [0.4, 0.5) is 0 Å². The highest BCUT2D eigenvalue weighted by Gasteiger charge is 2.13. The molecule has 0 aromatic heterocycles. The molecular weight excluding hydrogens is 352 g/mol. The van der Waals surface area contributed by atoms with Gasteiger partial charge in [-0.15, -0.1) is 0 Å². The molecule has 1 aliphatic rings. The van der Waals surface area contributed by atoms with Crippen LogP contribution in [0, 0.1) is 0 Å². The van der Waals surface area contributed by atoms with Gasteiger partial charge in [0, 0.05) is 10.9 Å². The second-order valence-corrected chi connectivity index (χ2v) is 6.53. The fourth-order valence-corrected chi connectivity index (χ4v) is 3.10. The maximum atomic E-state index is 10.3. The van der Waals surface area contributed by atoms with Crippen LogP contribution in [-0.4, -0.2) is 11.7 Å². The van der Waals surface area contributed by atoms with E-state index in [9.17, 15) is 5.11 Å². The van der Waals surface area contributed by atoms with Gasteiger partial charge in [-0.1, -0.05) is 29.8 Å². The topological polar surface area (TPSA) is 29.5 Å². The first-order chi connectivity index (χ1) is 10.1. The molecule has 21 heavy (non-hydrogen) atoms. The molecule has 1 N–H and O–H groups in total. The Bertz CT molecular complexity index is 657. The maximum absolute atomic E-state index is 10.3. The SMILES string of the molecule is OC(CCc1ccc2c(c1)CCO2)c1ccc(Cl)c(Br)c1. The smallest absolute Gasteiger partial charge is 0.122 e. The molecule has 0 bridgehead atoms. The summed E-state index contributed by atoms with van der Waals surface area (Å²) < 4.78 is 6.32. The summed E-state index contributed by atoms with van der Waals surface area (Å²) in [7, 11) is 0. The van der Waals surface area contributed by atoms with E-state index in [2.05, 4.69) is 28.1 Å². The number of aliphatic hydroxyl groups excluding tert-OH is 1. The lowest BCUT2D eigenvalue weighted by Crippen LogP contribution is -2.00. The maximum Gasteiger partial charge on any atom is 0.122 e. The molecule has 110 valence electrons. The van der Waals surface area contributed by atoms with Gasteiger partial charge in [-0.3, -0.25) is 0 Å². The number of rotatable bonds is 4. The Kier molecular flexibility index (Phi) is 4.53. The van der Waals surface area contributed by atoms with Gasteiger partial charge in [0.15, 0.2) is 0 Å². The minimum absolute atomic E-state index is 0.483. The second-order valence-electron chi connectivity index (χ2n) is 5.27. The average Bonchev–Trinajstić information content (AvgIpc) is 2.95. The average molecular weight is 368 g/mol. The van der Waals surface area contributed by atoms with Crippen LogP contribution in [0.15, 0.2) is 40.9 Å². The lowest BCUT2D eigenvalue weighted by atomic mass is 9.99. The summed E-state index contributed by atoms with van der Waals surface area (Å²) in [5.41, 5.74) is 3.40. The molecule has 4 heteroatoms. The summed E-state index contributed by atoms with van der Waals surface area (Å²) >= 11 is 9.36. The van der Waals surface area contributed by atoms with Crippen molar-refractivity contribution < 1.29 is 9.84 Å². The molecule has 2 aromatic carbocycles. The molecule has 0 radical (unpaired) electrons. The van der Waals surface area contributed by atoms with Crippen molar-refractivity contribution in [3.8, 4) is 5.75 Å². The summed E-state index contributed by atoms with van der Waals surface area (Å²) in [6, 6.07) is 11.8. The number of benzene rings is 2. The highest BCUT2D eigenvalue weighted by atomic mass is 79.9. The van der Waals surface area contributed by atoms with Crippen LogP contribution in [0.2, 0.25) is 5.02 Å². The van der Waals surface area contributed by atoms with E-state index in [0.717, 1.165) is 35.2 Å². The molecule has 1 heterocycles. The van der Waals surface area contributed by atoms with E-state index >= 15 is 0 Å². The summed E-state index contributed by atoms with van der Waals surface area (Å²) in [5.74, 6) is 1.00. The molecule has 2 nitrogen and oxygen atoms in total. The summed E-state index contributed by atoms with van der Waals surface area (Å²) in [6.45, 7) is 0.778. The van der Waals surface area contributed by atoms with Crippen molar-refractivity contribution >= 4 is 27.5 Å². The fraction of sp³-hybridized carbons (Fsp3) is 0.294. The van der Waals surface area contributed by atoms with Crippen LogP contribution in [0.25, 0.3) is 0 Å².